The van der Waals surface area contributed by atoms with E-state index in [1.165, 1.54) is 5.57 Å². The Hall–Kier alpha value is -1.64. The van der Waals surface area contributed by atoms with Gasteiger partial charge in [-0.2, -0.15) is 0 Å². The second kappa shape index (κ2) is 5.86. The van der Waals surface area contributed by atoms with Gasteiger partial charge in [0.25, 0.3) is 0 Å². The summed E-state index contributed by atoms with van der Waals surface area (Å²) in [5.41, 5.74) is 2.80. The first kappa shape index (κ1) is 16.7. The Labute approximate surface area is 133 Å². The number of Topliss-reactive ketones (excluding diaryl/α,β-unsaturated/α-hetero) is 1. The van der Waals surface area contributed by atoms with Gasteiger partial charge in [-0.1, -0.05) is 31.6 Å². The van der Waals surface area contributed by atoms with Crippen LogP contribution in [0.1, 0.15) is 47.5 Å². The Balaban J connectivity index is 2.07. The summed E-state index contributed by atoms with van der Waals surface area (Å²) in [6.07, 6.45) is 4.31. The summed E-state index contributed by atoms with van der Waals surface area (Å²) in [6, 6.07) is 0. The van der Waals surface area contributed by atoms with Crippen molar-refractivity contribution in [2.45, 2.75) is 53.6 Å². The number of carbonyl (C=O) groups excluding carboxylic acids is 2. The molecule has 0 radical (unpaired) electrons. The molecule has 0 heterocycles. The molecule has 0 aromatic heterocycles. The number of hydrogen-bond donors (Lipinski definition) is 0. The van der Waals surface area contributed by atoms with Crippen molar-refractivity contribution in [1.29, 1.82) is 0 Å². The number of carbonyl (C=O) groups is 2. The Bertz CT molecular complexity index is 573. The predicted octanol–water partition coefficient (Wildman–Crippen LogP) is 4.00. The smallest absolute Gasteiger partial charge is 0.310 e. The molecule has 3 heteroatoms. The summed E-state index contributed by atoms with van der Waals surface area (Å²) < 4.78 is 5.66. The zero-order valence-corrected chi connectivity index (χ0v) is 14.2. The molecule has 0 aromatic carbocycles. The lowest BCUT2D eigenvalue weighted by atomic mass is 10.1. The van der Waals surface area contributed by atoms with Crippen LogP contribution in [0, 0.1) is 17.3 Å². The van der Waals surface area contributed by atoms with Gasteiger partial charge in [0.1, 0.15) is 6.10 Å². The van der Waals surface area contributed by atoms with E-state index in [1.54, 1.807) is 6.08 Å². The quantitative estimate of drug-likeness (QED) is 0.569. The highest BCUT2D eigenvalue weighted by molar-refractivity contribution is 6.00. The zero-order valence-electron chi connectivity index (χ0n) is 14.2. The Kier molecular flexibility index (Phi) is 4.46. The summed E-state index contributed by atoms with van der Waals surface area (Å²) in [7, 11) is 0. The van der Waals surface area contributed by atoms with Gasteiger partial charge in [-0.25, -0.2) is 0 Å². The van der Waals surface area contributed by atoms with E-state index in [0.717, 1.165) is 11.1 Å². The van der Waals surface area contributed by atoms with Gasteiger partial charge in [-0.15, -0.1) is 6.58 Å². The van der Waals surface area contributed by atoms with Crippen LogP contribution < -0.4 is 0 Å². The normalized spacial score (nSPS) is 29.3. The first-order valence-corrected chi connectivity index (χ1v) is 7.89. The molecule has 0 N–H and O–H groups in total. The van der Waals surface area contributed by atoms with Gasteiger partial charge in [0, 0.05) is 5.57 Å². The lowest BCUT2D eigenvalue weighted by Gasteiger charge is -2.13. The second-order valence-corrected chi connectivity index (χ2v) is 7.28. The summed E-state index contributed by atoms with van der Waals surface area (Å²) in [4.78, 5) is 24.5. The van der Waals surface area contributed by atoms with Crippen LogP contribution in [0.4, 0.5) is 0 Å². The minimum Gasteiger partial charge on any atom is -0.457 e. The van der Waals surface area contributed by atoms with E-state index in [0.29, 0.717) is 6.42 Å². The van der Waals surface area contributed by atoms with Crippen molar-refractivity contribution in [3.63, 3.8) is 0 Å². The van der Waals surface area contributed by atoms with E-state index in [4.69, 9.17) is 4.74 Å². The average Bonchev–Trinajstić information content (AvgIpc) is 2.83. The van der Waals surface area contributed by atoms with Crippen molar-refractivity contribution in [2.75, 3.05) is 0 Å². The number of hydrogen-bond acceptors (Lipinski definition) is 3. The van der Waals surface area contributed by atoms with Crippen LogP contribution >= 0.6 is 0 Å². The van der Waals surface area contributed by atoms with Gasteiger partial charge >= 0.3 is 5.97 Å². The number of rotatable bonds is 5. The van der Waals surface area contributed by atoms with Crippen LogP contribution in [0.3, 0.4) is 0 Å². The lowest BCUT2D eigenvalue weighted by molar-refractivity contribution is -0.150. The molecule has 0 unspecified atom stereocenters. The topological polar surface area (TPSA) is 43.4 Å². The van der Waals surface area contributed by atoms with Crippen molar-refractivity contribution in [1.82, 2.24) is 0 Å². The third-order valence-corrected chi connectivity index (χ3v) is 4.95. The van der Waals surface area contributed by atoms with Crippen molar-refractivity contribution < 1.29 is 14.3 Å². The Morgan fingerprint density at radius 3 is 2.59 bits per heavy atom. The molecule has 3 atom stereocenters. The monoisotopic (exact) mass is 302 g/mol. The van der Waals surface area contributed by atoms with Gasteiger partial charge in [-0.3, -0.25) is 9.59 Å². The van der Waals surface area contributed by atoms with Gasteiger partial charge in [0.2, 0.25) is 0 Å². The molecule has 1 fully saturated rings. The molecule has 0 aromatic rings. The van der Waals surface area contributed by atoms with E-state index < -0.39 is 6.10 Å². The number of ether oxygens (including phenoxy) is 1. The molecule has 0 aliphatic heterocycles. The van der Waals surface area contributed by atoms with Crippen LogP contribution in [0.15, 0.2) is 35.5 Å². The standard InChI is InChI=1S/C19H26O3/c1-7-8-13-12(4)16(10-15(13)20)22-18(21)17-14(9-11(2)3)19(17,5)6/h7,9,14,16-17H,1,8,10H2,2-6H3/t14-,16-,17-/m0/s1. The fourth-order valence-electron chi connectivity index (χ4n) is 3.42. The van der Waals surface area contributed by atoms with Crippen LogP contribution in [0.25, 0.3) is 0 Å². The highest BCUT2D eigenvalue weighted by atomic mass is 16.5. The summed E-state index contributed by atoms with van der Waals surface area (Å²) in [5, 5.41) is 0. The third-order valence-electron chi connectivity index (χ3n) is 4.95. The van der Waals surface area contributed by atoms with Crippen LogP contribution in [0.2, 0.25) is 0 Å². The highest BCUT2D eigenvalue weighted by Gasteiger charge is 2.61. The van der Waals surface area contributed by atoms with E-state index in [-0.39, 0.29) is 35.4 Å². The fourth-order valence-corrected chi connectivity index (χ4v) is 3.42. The van der Waals surface area contributed by atoms with E-state index in [9.17, 15) is 9.59 Å². The maximum atomic E-state index is 12.5. The predicted molar refractivity (Wildman–Crippen MR) is 87.2 cm³/mol. The average molecular weight is 302 g/mol. The van der Waals surface area contributed by atoms with Crippen molar-refractivity contribution in [2.24, 2.45) is 17.3 Å². The maximum Gasteiger partial charge on any atom is 0.310 e. The Morgan fingerprint density at radius 1 is 1.41 bits per heavy atom. The molecule has 0 amide bonds. The molecular weight excluding hydrogens is 276 g/mol. The van der Waals surface area contributed by atoms with E-state index >= 15 is 0 Å². The van der Waals surface area contributed by atoms with Gasteiger partial charge in [0.15, 0.2) is 5.78 Å². The molecule has 22 heavy (non-hydrogen) atoms. The first-order chi connectivity index (χ1) is 10.2. The van der Waals surface area contributed by atoms with Gasteiger partial charge in [0.05, 0.1) is 12.3 Å². The maximum absolute atomic E-state index is 12.5. The van der Waals surface area contributed by atoms with Crippen LogP contribution in [-0.4, -0.2) is 17.9 Å². The summed E-state index contributed by atoms with van der Waals surface area (Å²) in [6.45, 7) is 13.8. The van der Waals surface area contributed by atoms with Crippen molar-refractivity contribution in [3.8, 4) is 0 Å². The van der Waals surface area contributed by atoms with Gasteiger partial charge in [-0.05, 0) is 44.1 Å². The molecule has 2 aliphatic rings. The molecule has 2 rings (SSSR count). The summed E-state index contributed by atoms with van der Waals surface area (Å²) in [5.74, 6) is 0.0309. The van der Waals surface area contributed by atoms with Crippen molar-refractivity contribution >= 4 is 11.8 Å². The lowest BCUT2D eigenvalue weighted by Crippen LogP contribution is -2.20. The van der Waals surface area contributed by atoms with Crippen LogP contribution in [-0.2, 0) is 14.3 Å². The minimum atomic E-state index is -0.390. The highest BCUT2D eigenvalue weighted by Crippen LogP contribution is 2.60. The molecule has 3 nitrogen and oxygen atoms in total. The third kappa shape index (κ3) is 2.94. The molecule has 120 valence electrons. The summed E-state index contributed by atoms with van der Waals surface area (Å²) >= 11 is 0. The second-order valence-electron chi connectivity index (χ2n) is 7.28. The zero-order chi connectivity index (χ0) is 16.7. The largest absolute Gasteiger partial charge is 0.457 e. The molecule has 1 saturated carbocycles. The fraction of sp³-hybridized carbons (Fsp3) is 0.579. The molecular formula is C19H26O3. The van der Waals surface area contributed by atoms with E-state index in [2.05, 4.69) is 26.5 Å². The number of ketones is 1. The molecule has 0 spiro atoms. The molecule has 0 bridgehead atoms. The molecule has 2 aliphatic carbocycles. The molecule has 0 saturated heterocycles. The van der Waals surface area contributed by atoms with Gasteiger partial charge < -0.3 is 4.74 Å². The first-order valence-electron chi connectivity index (χ1n) is 7.89. The van der Waals surface area contributed by atoms with Crippen molar-refractivity contribution in [3.05, 3.63) is 35.5 Å². The number of allylic oxidation sites excluding steroid dienone is 4. The van der Waals surface area contributed by atoms with E-state index in [1.807, 2.05) is 20.8 Å². The Morgan fingerprint density at radius 2 is 2.05 bits per heavy atom. The number of esters is 1. The minimum absolute atomic E-state index is 0.0570. The SMILES string of the molecule is C=CCC1=C(C)[C@@H](OC(=O)[C@@H]2[C@H](C=C(C)C)C2(C)C)CC1=O. The van der Waals surface area contributed by atoms with Crippen LogP contribution in [0.5, 0.6) is 0 Å².